The van der Waals surface area contributed by atoms with Gasteiger partial charge in [-0.3, -0.25) is 0 Å². The number of phenols is 1. The first kappa shape index (κ1) is 21.3. The second-order valence-corrected chi connectivity index (χ2v) is 9.64. The molecule has 2 atom stereocenters. The van der Waals surface area contributed by atoms with E-state index in [-0.39, 0.29) is 11.5 Å². The van der Waals surface area contributed by atoms with Crippen LogP contribution in [-0.2, 0) is 6.42 Å². The van der Waals surface area contributed by atoms with E-state index in [0.717, 1.165) is 30.6 Å². The Labute approximate surface area is 172 Å². The molecule has 156 valence electrons. The van der Waals surface area contributed by atoms with Crippen molar-refractivity contribution in [3.8, 4) is 11.5 Å². The molecule has 0 unspecified atom stereocenters. The molecule has 0 amide bonds. The van der Waals surface area contributed by atoms with Gasteiger partial charge in [-0.1, -0.05) is 63.5 Å². The van der Waals surface area contributed by atoms with Gasteiger partial charge >= 0.3 is 0 Å². The highest BCUT2D eigenvalue weighted by Gasteiger charge is 2.45. The van der Waals surface area contributed by atoms with Crippen LogP contribution in [0.1, 0.15) is 109 Å². The molecule has 0 aromatic heterocycles. The molecule has 0 bridgehead atoms. The minimum absolute atomic E-state index is 0.182. The maximum atomic E-state index is 10.8. The number of allylic oxidation sites excluding steroid dienone is 2. The maximum Gasteiger partial charge on any atom is 0.127 e. The van der Waals surface area contributed by atoms with Gasteiger partial charge in [-0.15, -0.1) is 0 Å². The molecule has 1 aliphatic heterocycles. The number of phenolic OH excluding ortho intramolecular Hbond substituents is 1. The summed E-state index contributed by atoms with van der Waals surface area (Å²) in [5.74, 6) is 2.06. The van der Waals surface area contributed by atoms with Crippen LogP contribution in [0.15, 0.2) is 23.8 Å². The summed E-state index contributed by atoms with van der Waals surface area (Å²) in [6.07, 6.45) is 16.3. The van der Waals surface area contributed by atoms with Crippen molar-refractivity contribution in [3.05, 3.63) is 34.9 Å². The summed E-state index contributed by atoms with van der Waals surface area (Å²) < 4.78 is 6.44. The minimum atomic E-state index is -0.182. The Morgan fingerprint density at radius 1 is 1.04 bits per heavy atom. The Morgan fingerprint density at radius 3 is 2.43 bits per heavy atom. The van der Waals surface area contributed by atoms with E-state index < -0.39 is 0 Å². The fourth-order valence-corrected chi connectivity index (χ4v) is 5.19. The number of aryl methyl sites for hydroxylation is 1. The van der Waals surface area contributed by atoms with E-state index in [1.807, 2.05) is 6.07 Å². The predicted octanol–water partition coefficient (Wildman–Crippen LogP) is 7.69. The molecular weight excluding hydrogens is 344 g/mol. The number of benzene rings is 1. The fraction of sp³-hybridized carbons (Fsp3) is 0.692. The molecule has 1 aromatic carbocycles. The molecule has 2 heteroatoms. The summed E-state index contributed by atoms with van der Waals surface area (Å²) >= 11 is 0. The van der Waals surface area contributed by atoms with Crippen molar-refractivity contribution >= 4 is 0 Å². The Bertz CT molecular complexity index is 686. The number of unbranched alkanes of at least 4 members (excludes halogenated alkanes) is 7. The van der Waals surface area contributed by atoms with E-state index in [1.54, 1.807) is 0 Å². The third-order valence-electron chi connectivity index (χ3n) is 6.85. The van der Waals surface area contributed by atoms with Crippen LogP contribution >= 0.6 is 0 Å². The quantitative estimate of drug-likeness (QED) is 0.349. The maximum absolute atomic E-state index is 10.8. The monoisotopic (exact) mass is 384 g/mol. The lowest BCUT2D eigenvalue weighted by molar-refractivity contribution is 0.0107. The number of hydrogen-bond donors (Lipinski definition) is 1. The fourth-order valence-electron chi connectivity index (χ4n) is 5.19. The van der Waals surface area contributed by atoms with Gasteiger partial charge in [0.15, 0.2) is 0 Å². The first-order valence-electron chi connectivity index (χ1n) is 11.6. The van der Waals surface area contributed by atoms with Gasteiger partial charge in [0.05, 0.1) is 0 Å². The van der Waals surface area contributed by atoms with Crippen molar-refractivity contribution in [1.29, 1.82) is 0 Å². The van der Waals surface area contributed by atoms with Gasteiger partial charge in [-0.25, -0.2) is 0 Å². The number of rotatable bonds is 9. The molecule has 0 spiro atoms. The first-order chi connectivity index (χ1) is 13.4. The van der Waals surface area contributed by atoms with Gasteiger partial charge in [-0.05, 0) is 64.2 Å². The van der Waals surface area contributed by atoms with Crippen LogP contribution in [0.5, 0.6) is 11.5 Å². The highest BCUT2D eigenvalue weighted by molar-refractivity contribution is 5.54. The molecule has 0 saturated carbocycles. The van der Waals surface area contributed by atoms with Crippen LogP contribution < -0.4 is 4.74 Å². The van der Waals surface area contributed by atoms with Crippen LogP contribution in [0.3, 0.4) is 0 Å². The molecule has 1 aromatic rings. The average Bonchev–Trinajstić information content (AvgIpc) is 2.62. The Morgan fingerprint density at radius 2 is 1.71 bits per heavy atom. The van der Waals surface area contributed by atoms with Gasteiger partial charge in [0, 0.05) is 17.4 Å². The summed E-state index contributed by atoms with van der Waals surface area (Å²) in [5, 5.41) is 10.8. The van der Waals surface area contributed by atoms with Gasteiger partial charge in [0.2, 0.25) is 0 Å². The van der Waals surface area contributed by atoms with Crippen molar-refractivity contribution in [3.63, 3.8) is 0 Å². The van der Waals surface area contributed by atoms with Gasteiger partial charge in [0.25, 0.3) is 0 Å². The van der Waals surface area contributed by atoms with E-state index in [0.29, 0.717) is 11.7 Å². The van der Waals surface area contributed by atoms with Crippen molar-refractivity contribution in [2.75, 3.05) is 0 Å². The highest BCUT2D eigenvalue weighted by Crippen LogP contribution is 2.53. The molecule has 3 rings (SSSR count). The molecule has 0 radical (unpaired) electrons. The summed E-state index contributed by atoms with van der Waals surface area (Å²) in [7, 11) is 0. The van der Waals surface area contributed by atoms with Crippen molar-refractivity contribution in [2.24, 2.45) is 5.92 Å². The summed E-state index contributed by atoms with van der Waals surface area (Å²) in [6, 6.07) is 4.20. The van der Waals surface area contributed by atoms with E-state index >= 15 is 0 Å². The van der Waals surface area contributed by atoms with Crippen LogP contribution in [0, 0.1) is 5.92 Å². The minimum Gasteiger partial charge on any atom is -0.507 e. The zero-order valence-electron chi connectivity index (χ0n) is 18.5. The molecule has 1 N–H and O–H groups in total. The Hall–Kier alpha value is -1.44. The van der Waals surface area contributed by atoms with Crippen LogP contribution in [0.4, 0.5) is 0 Å². The Balaban J connectivity index is 1.63. The predicted molar refractivity (Wildman–Crippen MR) is 118 cm³/mol. The van der Waals surface area contributed by atoms with Gasteiger partial charge in [0.1, 0.15) is 17.1 Å². The largest absolute Gasteiger partial charge is 0.507 e. The molecule has 0 saturated heterocycles. The lowest BCUT2D eigenvalue weighted by atomic mass is 9.68. The summed E-state index contributed by atoms with van der Waals surface area (Å²) in [6.45, 7) is 8.91. The molecule has 0 fully saturated rings. The third-order valence-corrected chi connectivity index (χ3v) is 6.85. The van der Waals surface area contributed by atoms with E-state index in [4.69, 9.17) is 4.74 Å². The number of hydrogen-bond acceptors (Lipinski definition) is 2. The van der Waals surface area contributed by atoms with Crippen LogP contribution in [0.2, 0.25) is 0 Å². The van der Waals surface area contributed by atoms with E-state index in [9.17, 15) is 5.11 Å². The summed E-state index contributed by atoms with van der Waals surface area (Å²) in [5.41, 5.74) is 3.49. The molecule has 2 aliphatic rings. The number of fused-ring (bicyclic) bond motifs is 3. The SMILES string of the molecule is CCCCCCCCCCc1cc(O)c2c(c1)OC(C)(C)[C@@H]1CCC(C)=C[C@@H]21. The van der Waals surface area contributed by atoms with Crippen molar-refractivity contribution in [2.45, 2.75) is 110 Å². The van der Waals surface area contributed by atoms with E-state index in [1.165, 1.54) is 62.5 Å². The van der Waals surface area contributed by atoms with Crippen LogP contribution in [0.25, 0.3) is 0 Å². The molecular formula is C26H40O2. The number of aromatic hydroxyl groups is 1. The average molecular weight is 385 g/mol. The zero-order valence-corrected chi connectivity index (χ0v) is 18.5. The Kier molecular flexibility index (Phi) is 7.12. The molecule has 1 aliphatic carbocycles. The highest BCUT2D eigenvalue weighted by atomic mass is 16.5. The standard InChI is InChI=1S/C26H40O2/c1-5-6-7-8-9-10-11-12-13-20-17-23(27)25-21-16-19(2)14-15-22(21)26(3,4)28-24(25)18-20/h16-18,21-22,27H,5-15H2,1-4H3/t21-,22-/m1/s1. The van der Waals surface area contributed by atoms with Crippen LogP contribution in [-0.4, -0.2) is 10.7 Å². The van der Waals surface area contributed by atoms with E-state index in [2.05, 4.69) is 39.8 Å². The summed E-state index contributed by atoms with van der Waals surface area (Å²) in [4.78, 5) is 0. The first-order valence-corrected chi connectivity index (χ1v) is 11.6. The molecule has 2 nitrogen and oxygen atoms in total. The molecule has 1 heterocycles. The normalized spacial score (nSPS) is 22.8. The van der Waals surface area contributed by atoms with Gasteiger partial charge < -0.3 is 9.84 Å². The lowest BCUT2D eigenvalue weighted by Crippen LogP contribution is -2.45. The third kappa shape index (κ3) is 4.93. The van der Waals surface area contributed by atoms with Gasteiger partial charge in [-0.2, -0.15) is 0 Å². The second kappa shape index (κ2) is 9.37. The number of ether oxygens (including phenoxy) is 1. The van der Waals surface area contributed by atoms with Crippen molar-refractivity contribution in [1.82, 2.24) is 0 Å². The smallest absolute Gasteiger partial charge is 0.127 e. The zero-order chi connectivity index (χ0) is 20.1. The molecule has 28 heavy (non-hydrogen) atoms. The van der Waals surface area contributed by atoms with Crippen molar-refractivity contribution < 1.29 is 9.84 Å². The topological polar surface area (TPSA) is 29.5 Å². The second-order valence-electron chi connectivity index (χ2n) is 9.64. The lowest BCUT2D eigenvalue weighted by Gasteiger charge is -2.46.